The number of rotatable bonds is 6. The number of benzene rings is 1. The second-order valence-corrected chi connectivity index (χ2v) is 12.0. The van der Waals surface area contributed by atoms with Crippen molar-refractivity contribution >= 4 is 27.5 Å². The summed E-state index contributed by atoms with van der Waals surface area (Å²) in [4.78, 5) is 27.6. The van der Waals surface area contributed by atoms with Crippen LogP contribution in [0, 0.1) is 18.8 Å². The van der Waals surface area contributed by atoms with Crippen molar-refractivity contribution in [2.45, 2.75) is 69.9 Å². The van der Waals surface area contributed by atoms with E-state index in [4.69, 9.17) is 4.42 Å². The van der Waals surface area contributed by atoms with Crippen LogP contribution < -0.4 is 10.2 Å². The van der Waals surface area contributed by atoms with Gasteiger partial charge in [-0.15, -0.1) is 0 Å². The fourth-order valence-corrected chi connectivity index (χ4v) is 6.88. The van der Waals surface area contributed by atoms with Gasteiger partial charge in [-0.2, -0.15) is 4.31 Å². The largest absolute Gasteiger partial charge is 0.465 e. The number of sulfonamides is 1. The molecule has 0 unspecified atom stereocenters. The molecule has 3 heterocycles. The molecule has 9 heteroatoms. The van der Waals surface area contributed by atoms with Crippen LogP contribution >= 0.6 is 0 Å². The standard InChI is InChI=1S/C26H33N3O5S/c1-17-14-21-15-23(8-9-24(21)29(17)26(31)20-4-3-5-20)35(32,33)28-12-10-19(11-13-28)25(30)27-16-22-7-6-18(2)34-22/h6-9,15,17,19-20H,3-5,10-14,16H2,1-2H3,(H,27,30)/t17-/m1/s1. The fraction of sp³-hybridized carbons (Fsp3) is 0.538. The van der Waals surface area contributed by atoms with E-state index in [2.05, 4.69) is 5.32 Å². The van der Waals surface area contributed by atoms with Crippen molar-refractivity contribution in [1.29, 1.82) is 0 Å². The van der Waals surface area contributed by atoms with Crippen LogP contribution in [0.5, 0.6) is 0 Å². The van der Waals surface area contributed by atoms with Gasteiger partial charge in [-0.05, 0) is 81.8 Å². The normalized spacial score (nSPS) is 21.5. The minimum Gasteiger partial charge on any atom is -0.465 e. The first-order chi connectivity index (χ1) is 16.7. The zero-order valence-electron chi connectivity index (χ0n) is 20.3. The third-order valence-corrected chi connectivity index (χ3v) is 9.55. The zero-order chi connectivity index (χ0) is 24.7. The quantitative estimate of drug-likeness (QED) is 0.657. The lowest BCUT2D eigenvalue weighted by atomic mass is 9.84. The smallest absolute Gasteiger partial charge is 0.243 e. The van der Waals surface area contributed by atoms with E-state index >= 15 is 0 Å². The van der Waals surface area contributed by atoms with E-state index < -0.39 is 10.0 Å². The Hall–Kier alpha value is -2.65. The predicted molar refractivity (Wildman–Crippen MR) is 131 cm³/mol. The molecule has 1 saturated carbocycles. The SMILES string of the molecule is Cc1ccc(CNC(=O)C2CCN(S(=O)(=O)c3ccc4c(c3)C[C@@H](C)N4C(=O)C3CCC3)CC2)o1. The molecule has 0 bridgehead atoms. The topological polar surface area (TPSA) is 99.9 Å². The molecule has 1 aromatic carbocycles. The van der Waals surface area contributed by atoms with Gasteiger partial charge in [0.2, 0.25) is 21.8 Å². The molecular weight excluding hydrogens is 466 g/mol. The van der Waals surface area contributed by atoms with E-state index in [0.717, 1.165) is 36.3 Å². The molecule has 1 N–H and O–H groups in total. The monoisotopic (exact) mass is 499 g/mol. The summed E-state index contributed by atoms with van der Waals surface area (Å²) in [5, 5.41) is 2.90. The lowest BCUT2D eigenvalue weighted by Crippen LogP contribution is -2.43. The molecule has 188 valence electrons. The summed E-state index contributed by atoms with van der Waals surface area (Å²) in [6, 6.07) is 8.88. The fourth-order valence-electron chi connectivity index (χ4n) is 5.36. The number of hydrogen-bond acceptors (Lipinski definition) is 5. The van der Waals surface area contributed by atoms with E-state index in [-0.39, 0.29) is 34.6 Å². The summed E-state index contributed by atoms with van der Waals surface area (Å²) in [7, 11) is -3.67. The molecule has 2 aliphatic heterocycles. The van der Waals surface area contributed by atoms with Crippen LogP contribution in [0.2, 0.25) is 0 Å². The highest BCUT2D eigenvalue weighted by molar-refractivity contribution is 7.89. The Morgan fingerprint density at radius 1 is 1.06 bits per heavy atom. The third kappa shape index (κ3) is 4.63. The van der Waals surface area contributed by atoms with Crippen molar-refractivity contribution in [1.82, 2.24) is 9.62 Å². The second-order valence-electron chi connectivity index (χ2n) is 10.1. The first-order valence-corrected chi connectivity index (χ1v) is 14.0. The Morgan fingerprint density at radius 3 is 2.43 bits per heavy atom. The van der Waals surface area contributed by atoms with Gasteiger partial charge in [0.1, 0.15) is 11.5 Å². The minimum atomic E-state index is -3.67. The molecule has 1 saturated heterocycles. The number of aryl methyl sites for hydroxylation is 1. The van der Waals surface area contributed by atoms with Gasteiger partial charge in [-0.25, -0.2) is 8.42 Å². The summed E-state index contributed by atoms with van der Waals surface area (Å²) in [5.41, 5.74) is 1.75. The maximum atomic E-state index is 13.4. The van der Waals surface area contributed by atoms with Gasteiger partial charge in [0.05, 0.1) is 11.4 Å². The summed E-state index contributed by atoms with van der Waals surface area (Å²) in [6.07, 6.45) is 4.61. The Labute approximate surface area is 206 Å². The van der Waals surface area contributed by atoms with Gasteiger partial charge >= 0.3 is 0 Å². The van der Waals surface area contributed by atoms with Crippen LogP contribution in [0.15, 0.2) is 39.6 Å². The van der Waals surface area contributed by atoms with Crippen molar-refractivity contribution < 1.29 is 22.4 Å². The maximum absolute atomic E-state index is 13.4. The number of piperidine rings is 1. The van der Waals surface area contributed by atoms with Crippen LogP contribution in [0.25, 0.3) is 0 Å². The van der Waals surface area contributed by atoms with E-state index in [1.54, 1.807) is 18.2 Å². The Morgan fingerprint density at radius 2 is 1.80 bits per heavy atom. The van der Waals surface area contributed by atoms with Crippen molar-refractivity contribution in [3.05, 3.63) is 47.4 Å². The Bertz CT molecular complexity index is 1230. The first-order valence-electron chi connectivity index (χ1n) is 12.5. The molecule has 1 aromatic heterocycles. The highest BCUT2D eigenvalue weighted by Gasteiger charge is 2.38. The van der Waals surface area contributed by atoms with Crippen LogP contribution in [-0.2, 0) is 32.6 Å². The lowest BCUT2D eigenvalue weighted by Gasteiger charge is -2.32. The second kappa shape index (κ2) is 9.43. The average molecular weight is 500 g/mol. The van der Waals surface area contributed by atoms with Crippen molar-refractivity contribution in [3.63, 3.8) is 0 Å². The summed E-state index contributed by atoms with van der Waals surface area (Å²) >= 11 is 0. The number of amides is 2. The molecule has 1 atom stereocenters. The highest BCUT2D eigenvalue weighted by Crippen LogP contribution is 2.38. The number of nitrogens with one attached hydrogen (secondary N) is 1. The Kier molecular flexibility index (Phi) is 6.48. The number of hydrogen-bond donors (Lipinski definition) is 1. The van der Waals surface area contributed by atoms with Crippen molar-refractivity contribution in [2.75, 3.05) is 18.0 Å². The van der Waals surface area contributed by atoms with Gasteiger partial charge in [0.15, 0.2) is 0 Å². The van der Waals surface area contributed by atoms with E-state index in [1.165, 1.54) is 4.31 Å². The van der Waals surface area contributed by atoms with Crippen molar-refractivity contribution in [3.8, 4) is 0 Å². The number of carbonyl (C=O) groups is 2. The van der Waals surface area contributed by atoms with Gasteiger partial charge in [0, 0.05) is 36.7 Å². The lowest BCUT2D eigenvalue weighted by molar-refractivity contribution is -0.126. The molecular formula is C26H33N3O5S. The van der Waals surface area contributed by atoms with Crippen LogP contribution in [0.4, 0.5) is 5.69 Å². The van der Waals surface area contributed by atoms with Gasteiger partial charge < -0.3 is 14.6 Å². The van der Waals surface area contributed by atoms with Crippen LogP contribution in [0.3, 0.4) is 0 Å². The zero-order valence-corrected chi connectivity index (χ0v) is 21.1. The number of fused-ring (bicyclic) bond motifs is 1. The van der Waals surface area contributed by atoms with Crippen LogP contribution in [0.1, 0.15) is 56.1 Å². The number of furan rings is 1. The molecule has 0 spiro atoms. The summed E-state index contributed by atoms with van der Waals surface area (Å²) < 4.78 is 33.7. The van der Waals surface area contributed by atoms with E-state index in [1.807, 2.05) is 30.9 Å². The predicted octanol–water partition coefficient (Wildman–Crippen LogP) is 3.38. The molecule has 8 nitrogen and oxygen atoms in total. The molecule has 35 heavy (non-hydrogen) atoms. The maximum Gasteiger partial charge on any atom is 0.243 e. The van der Waals surface area contributed by atoms with Crippen LogP contribution in [-0.4, -0.2) is 43.7 Å². The van der Waals surface area contributed by atoms with Crippen molar-refractivity contribution in [2.24, 2.45) is 11.8 Å². The first kappa shape index (κ1) is 24.1. The van der Waals surface area contributed by atoms with E-state index in [9.17, 15) is 18.0 Å². The number of anilines is 1. The summed E-state index contributed by atoms with van der Waals surface area (Å²) in [5.74, 6) is 1.48. The summed E-state index contributed by atoms with van der Waals surface area (Å²) in [6.45, 7) is 4.82. The third-order valence-electron chi connectivity index (χ3n) is 7.65. The highest BCUT2D eigenvalue weighted by atomic mass is 32.2. The van der Waals surface area contributed by atoms with Gasteiger partial charge in [0.25, 0.3) is 0 Å². The van der Waals surface area contributed by atoms with Gasteiger partial charge in [-0.1, -0.05) is 6.42 Å². The Balaban J connectivity index is 1.21. The molecule has 3 aliphatic rings. The number of carbonyl (C=O) groups excluding carboxylic acids is 2. The minimum absolute atomic E-state index is 0.0374. The molecule has 2 amide bonds. The molecule has 1 aliphatic carbocycles. The number of nitrogens with zero attached hydrogens (tertiary/aromatic N) is 2. The molecule has 0 radical (unpaired) electrons. The molecule has 2 fully saturated rings. The average Bonchev–Trinajstić information content (AvgIpc) is 3.37. The molecule has 2 aromatic rings. The van der Waals surface area contributed by atoms with Gasteiger partial charge in [-0.3, -0.25) is 9.59 Å². The van der Waals surface area contributed by atoms with E-state index in [0.29, 0.717) is 44.7 Å². The molecule has 5 rings (SSSR count).